The topological polar surface area (TPSA) is 70.5 Å². The second kappa shape index (κ2) is 6.49. The van der Waals surface area contributed by atoms with Crippen molar-refractivity contribution in [2.75, 3.05) is 13.6 Å². The van der Waals surface area contributed by atoms with E-state index in [0.29, 0.717) is 4.88 Å². The van der Waals surface area contributed by atoms with Crippen LogP contribution in [0.15, 0.2) is 0 Å². The van der Waals surface area contributed by atoms with Gasteiger partial charge in [-0.25, -0.2) is 4.98 Å². The predicted octanol–water partition coefficient (Wildman–Crippen LogP) is 1.95. The molecule has 1 aromatic rings. The monoisotopic (exact) mass is 270 g/mol. The third-order valence-corrected chi connectivity index (χ3v) is 3.71. The number of carbonyl (C=O) groups is 2. The van der Waals surface area contributed by atoms with Crippen LogP contribution in [-0.2, 0) is 11.2 Å². The number of rotatable bonds is 6. The maximum absolute atomic E-state index is 12.1. The van der Waals surface area contributed by atoms with Gasteiger partial charge < -0.3 is 10.0 Å². The van der Waals surface area contributed by atoms with Crippen molar-refractivity contribution in [3.63, 3.8) is 0 Å². The van der Waals surface area contributed by atoms with Gasteiger partial charge in [0.1, 0.15) is 4.88 Å². The molecule has 18 heavy (non-hydrogen) atoms. The summed E-state index contributed by atoms with van der Waals surface area (Å²) in [5, 5.41) is 9.56. The molecule has 1 amide bonds. The highest BCUT2D eigenvalue weighted by molar-refractivity contribution is 7.13. The fourth-order valence-corrected chi connectivity index (χ4v) is 2.67. The molecule has 0 bridgehead atoms. The van der Waals surface area contributed by atoms with Gasteiger partial charge in [-0.15, -0.1) is 11.3 Å². The summed E-state index contributed by atoms with van der Waals surface area (Å²) in [5.41, 5.74) is 0.732. The lowest BCUT2D eigenvalue weighted by atomic mass is 10.3. The van der Waals surface area contributed by atoms with E-state index in [1.807, 2.05) is 6.92 Å². The molecule has 100 valence electrons. The summed E-state index contributed by atoms with van der Waals surface area (Å²) in [6, 6.07) is 0. The largest absolute Gasteiger partial charge is 0.481 e. The van der Waals surface area contributed by atoms with E-state index < -0.39 is 5.97 Å². The van der Waals surface area contributed by atoms with Crippen LogP contribution in [0.5, 0.6) is 0 Å². The van der Waals surface area contributed by atoms with Gasteiger partial charge in [-0.2, -0.15) is 0 Å². The van der Waals surface area contributed by atoms with Crippen LogP contribution < -0.4 is 0 Å². The number of aromatic nitrogens is 1. The molecule has 1 heterocycles. The van der Waals surface area contributed by atoms with Crippen LogP contribution in [-0.4, -0.2) is 40.5 Å². The van der Waals surface area contributed by atoms with E-state index in [2.05, 4.69) is 11.9 Å². The molecule has 0 aliphatic rings. The molecule has 0 aliphatic heterocycles. The van der Waals surface area contributed by atoms with E-state index >= 15 is 0 Å². The van der Waals surface area contributed by atoms with Crippen molar-refractivity contribution in [3.05, 3.63) is 15.6 Å². The Labute approximate surface area is 110 Å². The second-order valence-corrected chi connectivity index (χ2v) is 5.23. The maximum atomic E-state index is 12.1. The van der Waals surface area contributed by atoms with Gasteiger partial charge in [0.2, 0.25) is 0 Å². The molecule has 0 saturated heterocycles. The molecule has 5 nitrogen and oxygen atoms in total. The summed E-state index contributed by atoms with van der Waals surface area (Å²) < 4.78 is 0. The Kier molecular flexibility index (Phi) is 5.27. The number of thiazole rings is 1. The Balaban J connectivity index is 2.73. The minimum absolute atomic E-state index is 0.0398. The number of carboxylic acids is 1. The molecule has 0 atom stereocenters. The summed E-state index contributed by atoms with van der Waals surface area (Å²) >= 11 is 1.41. The van der Waals surface area contributed by atoms with Crippen molar-refractivity contribution >= 4 is 23.2 Å². The van der Waals surface area contributed by atoms with Crippen molar-refractivity contribution in [1.82, 2.24) is 9.88 Å². The molecule has 0 unspecified atom stereocenters. The summed E-state index contributed by atoms with van der Waals surface area (Å²) in [5.74, 6) is -1.05. The first-order chi connectivity index (χ1) is 8.45. The van der Waals surface area contributed by atoms with Crippen LogP contribution in [0.25, 0.3) is 0 Å². The number of hydrogen-bond acceptors (Lipinski definition) is 4. The van der Waals surface area contributed by atoms with Crippen molar-refractivity contribution in [1.29, 1.82) is 0 Å². The van der Waals surface area contributed by atoms with Gasteiger partial charge in [-0.3, -0.25) is 9.59 Å². The number of carboxylic acid groups (broad SMARTS) is 1. The van der Waals surface area contributed by atoms with E-state index in [9.17, 15) is 9.59 Å². The molecule has 6 heteroatoms. The Morgan fingerprint density at radius 2 is 2.11 bits per heavy atom. The van der Waals surface area contributed by atoms with E-state index in [1.54, 1.807) is 7.05 Å². The summed E-state index contributed by atoms with van der Waals surface area (Å²) in [4.78, 5) is 29.0. The smallest absolute Gasteiger partial charge is 0.305 e. The Morgan fingerprint density at radius 1 is 1.44 bits per heavy atom. The zero-order valence-corrected chi connectivity index (χ0v) is 11.7. The second-order valence-electron chi connectivity index (χ2n) is 4.14. The first-order valence-corrected chi connectivity index (χ1v) is 6.71. The number of aliphatic carboxylic acids is 1. The minimum atomic E-state index is -0.901. The van der Waals surface area contributed by atoms with Gasteiger partial charge >= 0.3 is 5.97 Å². The highest BCUT2D eigenvalue weighted by atomic mass is 32.1. The van der Waals surface area contributed by atoms with Crippen LogP contribution in [0.4, 0.5) is 0 Å². The normalized spacial score (nSPS) is 10.4. The number of amides is 1. The molecule has 1 aromatic heterocycles. The van der Waals surface area contributed by atoms with E-state index in [4.69, 9.17) is 5.11 Å². The number of nitrogens with zero attached hydrogens (tertiary/aromatic N) is 2. The Bertz CT molecular complexity index is 443. The number of aryl methyl sites for hydroxylation is 2. The average Bonchev–Trinajstić information content (AvgIpc) is 2.66. The molecular weight excluding hydrogens is 252 g/mol. The lowest BCUT2D eigenvalue weighted by molar-refractivity contribution is -0.137. The number of hydrogen-bond donors (Lipinski definition) is 1. The van der Waals surface area contributed by atoms with Crippen LogP contribution in [0.2, 0.25) is 0 Å². The predicted molar refractivity (Wildman–Crippen MR) is 70.1 cm³/mol. The molecule has 0 saturated carbocycles. The molecule has 0 fully saturated rings. The first kappa shape index (κ1) is 14.6. The van der Waals surface area contributed by atoms with Gasteiger partial charge in [0, 0.05) is 13.6 Å². The molecule has 0 aromatic carbocycles. The third-order valence-electron chi connectivity index (χ3n) is 2.51. The molecule has 1 rings (SSSR count). The van der Waals surface area contributed by atoms with E-state index in [-0.39, 0.29) is 18.9 Å². The van der Waals surface area contributed by atoms with Gasteiger partial charge in [0.05, 0.1) is 17.1 Å². The molecule has 0 spiro atoms. The quantitative estimate of drug-likeness (QED) is 0.857. The molecular formula is C12H18N2O3S. The van der Waals surface area contributed by atoms with Gasteiger partial charge in [0.15, 0.2) is 0 Å². The van der Waals surface area contributed by atoms with Crippen molar-refractivity contribution < 1.29 is 14.7 Å². The van der Waals surface area contributed by atoms with Crippen molar-refractivity contribution in [3.8, 4) is 0 Å². The van der Waals surface area contributed by atoms with Crippen LogP contribution in [0, 0.1) is 6.92 Å². The fraction of sp³-hybridized carbons (Fsp3) is 0.583. The average molecular weight is 270 g/mol. The van der Waals surface area contributed by atoms with Gasteiger partial charge in [0.25, 0.3) is 5.91 Å². The van der Waals surface area contributed by atoms with Gasteiger partial charge in [-0.05, 0) is 19.8 Å². The fourth-order valence-electron chi connectivity index (χ4n) is 1.51. The zero-order chi connectivity index (χ0) is 13.7. The van der Waals surface area contributed by atoms with Crippen LogP contribution in [0.1, 0.15) is 40.1 Å². The lowest BCUT2D eigenvalue weighted by Gasteiger charge is -2.14. The van der Waals surface area contributed by atoms with Gasteiger partial charge in [-0.1, -0.05) is 6.92 Å². The zero-order valence-electron chi connectivity index (χ0n) is 10.9. The standard InChI is InChI=1S/C12H18N2O3S/c1-4-5-9-13-8(2)11(18-9)12(17)14(3)7-6-10(15)16/h4-7H2,1-3H3,(H,15,16). The molecule has 0 aliphatic carbocycles. The van der Waals surface area contributed by atoms with Crippen LogP contribution in [0.3, 0.4) is 0 Å². The minimum Gasteiger partial charge on any atom is -0.481 e. The van der Waals surface area contributed by atoms with E-state index in [0.717, 1.165) is 23.5 Å². The Morgan fingerprint density at radius 3 is 2.67 bits per heavy atom. The van der Waals surface area contributed by atoms with Crippen molar-refractivity contribution in [2.24, 2.45) is 0 Å². The number of carbonyl (C=O) groups excluding carboxylic acids is 1. The lowest BCUT2D eigenvalue weighted by Crippen LogP contribution is -2.28. The Hall–Kier alpha value is -1.43. The summed E-state index contributed by atoms with van der Waals surface area (Å²) in [6.45, 7) is 4.10. The van der Waals surface area contributed by atoms with Crippen molar-refractivity contribution in [2.45, 2.75) is 33.1 Å². The third kappa shape index (κ3) is 3.80. The summed E-state index contributed by atoms with van der Waals surface area (Å²) in [6.07, 6.45) is 1.83. The highest BCUT2D eigenvalue weighted by Crippen LogP contribution is 2.20. The SMILES string of the molecule is CCCc1nc(C)c(C(=O)N(C)CCC(=O)O)s1. The maximum Gasteiger partial charge on any atom is 0.305 e. The first-order valence-electron chi connectivity index (χ1n) is 5.89. The van der Waals surface area contributed by atoms with Crippen LogP contribution >= 0.6 is 11.3 Å². The summed E-state index contributed by atoms with van der Waals surface area (Å²) in [7, 11) is 1.62. The molecule has 0 radical (unpaired) electrons. The van der Waals surface area contributed by atoms with E-state index in [1.165, 1.54) is 16.2 Å². The highest BCUT2D eigenvalue weighted by Gasteiger charge is 2.19. The molecule has 1 N–H and O–H groups in total.